The number of hydrogen-bond acceptors (Lipinski definition) is 4. The van der Waals surface area contributed by atoms with Crippen LogP contribution in [0.25, 0.3) is 0 Å². The highest BCUT2D eigenvalue weighted by atomic mass is 35.5. The fourth-order valence-electron chi connectivity index (χ4n) is 2.24. The number of alkyl halides is 3. The Morgan fingerprint density at radius 3 is 2.56 bits per heavy atom. The van der Waals surface area contributed by atoms with Gasteiger partial charge in [0.1, 0.15) is 5.56 Å². The van der Waals surface area contributed by atoms with Gasteiger partial charge in [-0.1, -0.05) is 43.5 Å². The van der Waals surface area contributed by atoms with Crippen molar-refractivity contribution in [3.63, 3.8) is 0 Å². The molecule has 0 bridgehead atoms. The average Bonchev–Trinajstić information content (AvgIpc) is 2.57. The lowest BCUT2D eigenvalue weighted by molar-refractivity contribution is -0.137. The maximum absolute atomic E-state index is 13.3. The second kappa shape index (κ2) is 8.38. The first-order chi connectivity index (χ1) is 11.8. The number of nitrogens with zero attached hydrogens (tertiary/aromatic N) is 3. The van der Waals surface area contributed by atoms with Crippen molar-refractivity contribution in [3.05, 3.63) is 41.0 Å². The number of unbranched alkanes of at least 4 members (excludes halogenated alkanes) is 2. The molecule has 0 N–H and O–H groups in total. The van der Waals surface area contributed by atoms with E-state index in [2.05, 4.69) is 9.97 Å². The van der Waals surface area contributed by atoms with Gasteiger partial charge in [0.15, 0.2) is 5.82 Å². The average molecular weight is 374 g/mol. The number of aromatic nitrogens is 2. The molecule has 1 aromatic heterocycles. The van der Waals surface area contributed by atoms with E-state index in [0.29, 0.717) is 17.3 Å². The Morgan fingerprint density at radius 1 is 1.20 bits per heavy atom. The van der Waals surface area contributed by atoms with Gasteiger partial charge in [-0.15, -0.1) is 0 Å². The zero-order valence-corrected chi connectivity index (χ0v) is 14.7. The predicted molar refractivity (Wildman–Crippen MR) is 91.6 cm³/mol. The van der Waals surface area contributed by atoms with E-state index < -0.39 is 11.7 Å². The second-order valence-electron chi connectivity index (χ2n) is 5.45. The number of para-hydroxylation sites is 1. The van der Waals surface area contributed by atoms with Gasteiger partial charge in [-0.25, -0.2) is 4.98 Å². The van der Waals surface area contributed by atoms with Crippen molar-refractivity contribution in [1.82, 2.24) is 9.97 Å². The predicted octanol–water partition coefficient (Wildman–Crippen LogP) is 5.49. The number of rotatable bonds is 7. The topological polar surface area (TPSA) is 38.2 Å². The van der Waals surface area contributed by atoms with Gasteiger partial charge in [0.05, 0.1) is 17.3 Å². The number of hydrogen-bond donors (Lipinski definition) is 0. The molecule has 0 spiro atoms. The summed E-state index contributed by atoms with van der Waals surface area (Å²) < 4.78 is 45.4. The number of benzene rings is 1. The summed E-state index contributed by atoms with van der Waals surface area (Å²) in [7, 11) is 1.47. The van der Waals surface area contributed by atoms with Crippen molar-refractivity contribution < 1.29 is 17.9 Å². The van der Waals surface area contributed by atoms with Gasteiger partial charge in [-0.2, -0.15) is 18.2 Å². The molecule has 0 radical (unpaired) electrons. The molecule has 0 unspecified atom stereocenters. The third kappa shape index (κ3) is 4.98. The molecule has 0 amide bonds. The van der Waals surface area contributed by atoms with Crippen molar-refractivity contribution in [2.24, 2.45) is 0 Å². The first-order valence-corrected chi connectivity index (χ1v) is 8.27. The SMILES string of the molecule is CCCCCOc1ncc(C(F)(F)F)c(N(C)c2ccccc2Cl)n1. The van der Waals surface area contributed by atoms with Gasteiger partial charge < -0.3 is 9.64 Å². The van der Waals surface area contributed by atoms with E-state index in [1.165, 1.54) is 11.9 Å². The summed E-state index contributed by atoms with van der Waals surface area (Å²) >= 11 is 6.10. The molecular weight excluding hydrogens is 355 g/mol. The van der Waals surface area contributed by atoms with Gasteiger partial charge in [0.25, 0.3) is 0 Å². The molecule has 8 heteroatoms. The van der Waals surface area contributed by atoms with Crippen molar-refractivity contribution >= 4 is 23.1 Å². The zero-order valence-electron chi connectivity index (χ0n) is 14.0. The monoisotopic (exact) mass is 373 g/mol. The highest BCUT2D eigenvalue weighted by Crippen LogP contribution is 2.39. The van der Waals surface area contributed by atoms with E-state index in [1.807, 2.05) is 6.92 Å². The van der Waals surface area contributed by atoms with Crippen molar-refractivity contribution in [3.8, 4) is 6.01 Å². The Labute approximate surface area is 149 Å². The van der Waals surface area contributed by atoms with Crippen LogP contribution in [0.2, 0.25) is 5.02 Å². The molecule has 1 aromatic carbocycles. The van der Waals surface area contributed by atoms with Crippen LogP contribution in [0.15, 0.2) is 30.5 Å². The van der Waals surface area contributed by atoms with E-state index in [-0.39, 0.29) is 11.8 Å². The van der Waals surface area contributed by atoms with Crippen LogP contribution in [0.5, 0.6) is 6.01 Å². The van der Waals surface area contributed by atoms with Crippen molar-refractivity contribution in [1.29, 1.82) is 0 Å². The summed E-state index contributed by atoms with van der Waals surface area (Å²) in [4.78, 5) is 8.94. The Balaban J connectivity index is 2.36. The summed E-state index contributed by atoms with van der Waals surface area (Å²) in [5.74, 6) is -0.305. The minimum atomic E-state index is -4.59. The maximum Gasteiger partial charge on any atom is 0.421 e. The molecule has 2 rings (SSSR count). The molecule has 25 heavy (non-hydrogen) atoms. The van der Waals surface area contributed by atoms with Gasteiger partial charge in [-0.05, 0) is 18.6 Å². The van der Waals surface area contributed by atoms with Crippen LogP contribution in [0.4, 0.5) is 24.7 Å². The van der Waals surface area contributed by atoms with E-state index >= 15 is 0 Å². The number of anilines is 2. The first-order valence-electron chi connectivity index (χ1n) is 7.90. The third-order valence-corrected chi connectivity index (χ3v) is 3.88. The lowest BCUT2D eigenvalue weighted by atomic mass is 10.2. The summed E-state index contributed by atoms with van der Waals surface area (Å²) in [5, 5.41) is 0.321. The largest absolute Gasteiger partial charge is 0.463 e. The van der Waals surface area contributed by atoms with Crippen LogP contribution in [0, 0.1) is 0 Å². The fraction of sp³-hybridized carbons (Fsp3) is 0.412. The van der Waals surface area contributed by atoms with Crippen LogP contribution in [0.1, 0.15) is 31.7 Å². The second-order valence-corrected chi connectivity index (χ2v) is 5.86. The smallest absolute Gasteiger partial charge is 0.421 e. The molecule has 0 atom stereocenters. The molecule has 0 aliphatic heterocycles. The standard InChI is InChI=1S/C17H19ClF3N3O/c1-3-4-7-10-25-16-22-11-12(17(19,20)21)15(23-16)24(2)14-9-6-5-8-13(14)18/h5-6,8-9,11H,3-4,7,10H2,1-2H3. The highest BCUT2D eigenvalue weighted by Gasteiger charge is 2.37. The maximum atomic E-state index is 13.3. The molecule has 1 heterocycles. The minimum Gasteiger partial charge on any atom is -0.463 e. The van der Waals surface area contributed by atoms with Gasteiger partial charge in [-0.3, -0.25) is 0 Å². The molecule has 2 aromatic rings. The fourth-order valence-corrected chi connectivity index (χ4v) is 2.50. The van der Waals surface area contributed by atoms with Crippen molar-refractivity contribution in [2.75, 3.05) is 18.6 Å². The van der Waals surface area contributed by atoms with Crippen molar-refractivity contribution in [2.45, 2.75) is 32.4 Å². The Bertz CT molecular complexity index is 710. The molecule has 0 saturated heterocycles. The van der Waals surface area contributed by atoms with E-state index in [1.54, 1.807) is 24.3 Å². The molecular formula is C17H19ClF3N3O. The van der Waals surface area contributed by atoms with Gasteiger partial charge in [0.2, 0.25) is 0 Å². The van der Waals surface area contributed by atoms with Crippen LogP contribution >= 0.6 is 11.6 Å². The number of ether oxygens (including phenoxy) is 1. The Morgan fingerprint density at radius 2 is 1.92 bits per heavy atom. The zero-order chi connectivity index (χ0) is 18.4. The molecule has 0 aliphatic rings. The summed E-state index contributed by atoms with van der Waals surface area (Å²) in [5.41, 5.74) is -0.541. The molecule has 136 valence electrons. The minimum absolute atomic E-state index is 0.0852. The number of halogens is 4. The van der Waals surface area contributed by atoms with E-state index in [0.717, 1.165) is 25.5 Å². The normalized spacial score (nSPS) is 11.4. The molecule has 0 fully saturated rings. The van der Waals surface area contributed by atoms with E-state index in [9.17, 15) is 13.2 Å². The lowest BCUT2D eigenvalue weighted by Crippen LogP contribution is -2.19. The van der Waals surface area contributed by atoms with Gasteiger partial charge >= 0.3 is 12.2 Å². The highest BCUT2D eigenvalue weighted by molar-refractivity contribution is 6.33. The molecule has 0 saturated carbocycles. The summed E-state index contributed by atoms with van der Waals surface area (Å²) in [6.07, 6.45) is -1.09. The Hall–Kier alpha value is -2.02. The van der Waals surface area contributed by atoms with Crippen LogP contribution in [0.3, 0.4) is 0 Å². The quantitative estimate of drug-likeness (QED) is 0.602. The summed E-state index contributed by atoms with van der Waals surface area (Å²) in [6, 6.07) is 6.52. The van der Waals surface area contributed by atoms with Crippen LogP contribution < -0.4 is 9.64 Å². The third-order valence-electron chi connectivity index (χ3n) is 3.56. The van der Waals surface area contributed by atoms with Gasteiger partial charge in [0, 0.05) is 13.2 Å². The molecule has 0 aliphatic carbocycles. The first kappa shape index (κ1) is 19.3. The summed E-state index contributed by atoms with van der Waals surface area (Å²) in [6.45, 7) is 2.40. The van der Waals surface area contributed by atoms with Crippen LogP contribution in [-0.4, -0.2) is 23.6 Å². The van der Waals surface area contributed by atoms with E-state index in [4.69, 9.17) is 16.3 Å². The molecule has 4 nitrogen and oxygen atoms in total. The Kier molecular flexibility index (Phi) is 6.47. The lowest BCUT2D eigenvalue weighted by Gasteiger charge is -2.23. The van der Waals surface area contributed by atoms with Crippen LogP contribution in [-0.2, 0) is 6.18 Å².